The van der Waals surface area contributed by atoms with Gasteiger partial charge in [0.1, 0.15) is 5.75 Å². The molecule has 1 aromatic rings. The Hall–Kier alpha value is -2.12. The van der Waals surface area contributed by atoms with Crippen LogP contribution in [-0.4, -0.2) is 62.2 Å². The summed E-state index contributed by atoms with van der Waals surface area (Å²) in [5.41, 5.74) is 1.13. The summed E-state index contributed by atoms with van der Waals surface area (Å²) >= 11 is 0. The monoisotopic (exact) mass is 361 g/mol. The smallest absolute Gasteiger partial charge is 0.262 e. The first-order chi connectivity index (χ1) is 12.5. The lowest BCUT2D eigenvalue weighted by molar-refractivity contribution is -0.118. The first-order valence-electron chi connectivity index (χ1n) is 9.19. The molecule has 2 amide bonds. The van der Waals surface area contributed by atoms with Gasteiger partial charge in [-0.2, -0.15) is 0 Å². The summed E-state index contributed by atoms with van der Waals surface area (Å²) in [6.07, 6.45) is 1.03. The second kappa shape index (κ2) is 8.51. The Kier molecular flexibility index (Phi) is 6.11. The Morgan fingerprint density at radius 2 is 2.08 bits per heavy atom. The van der Waals surface area contributed by atoms with E-state index in [4.69, 9.17) is 9.47 Å². The van der Waals surface area contributed by atoms with Crippen LogP contribution in [0.3, 0.4) is 0 Å². The van der Waals surface area contributed by atoms with Crippen molar-refractivity contribution in [3.05, 3.63) is 23.8 Å². The molecule has 1 atom stereocenters. The van der Waals surface area contributed by atoms with Crippen molar-refractivity contribution in [3.63, 3.8) is 0 Å². The van der Waals surface area contributed by atoms with E-state index < -0.39 is 0 Å². The van der Waals surface area contributed by atoms with Crippen molar-refractivity contribution in [1.29, 1.82) is 0 Å². The average molecular weight is 361 g/mol. The van der Waals surface area contributed by atoms with Crippen molar-refractivity contribution in [2.75, 3.05) is 44.8 Å². The number of nitrogens with one attached hydrogen (secondary N) is 2. The quantitative estimate of drug-likeness (QED) is 0.803. The van der Waals surface area contributed by atoms with Gasteiger partial charge in [0.2, 0.25) is 0 Å². The van der Waals surface area contributed by atoms with Gasteiger partial charge in [0, 0.05) is 31.2 Å². The van der Waals surface area contributed by atoms with Gasteiger partial charge in [0.05, 0.1) is 18.9 Å². The molecular weight excluding hydrogens is 334 g/mol. The minimum absolute atomic E-state index is 0.0223. The van der Waals surface area contributed by atoms with Gasteiger partial charge in [-0.3, -0.25) is 14.5 Å². The maximum Gasteiger partial charge on any atom is 0.262 e. The zero-order valence-electron chi connectivity index (χ0n) is 15.4. The maximum absolute atomic E-state index is 12.6. The largest absolute Gasteiger partial charge is 0.482 e. The molecule has 1 aromatic carbocycles. The molecule has 1 saturated heterocycles. The van der Waals surface area contributed by atoms with Crippen molar-refractivity contribution < 1.29 is 19.1 Å². The van der Waals surface area contributed by atoms with E-state index in [1.807, 2.05) is 0 Å². The second-order valence-corrected chi connectivity index (χ2v) is 7.19. The lowest BCUT2D eigenvalue weighted by Crippen LogP contribution is -2.49. The summed E-state index contributed by atoms with van der Waals surface area (Å²) in [6.45, 7) is 8.28. The van der Waals surface area contributed by atoms with Crippen LogP contribution in [0.15, 0.2) is 18.2 Å². The van der Waals surface area contributed by atoms with Crippen molar-refractivity contribution in [3.8, 4) is 5.75 Å². The van der Waals surface area contributed by atoms with Crippen LogP contribution in [0.25, 0.3) is 0 Å². The Bertz CT molecular complexity index is 656. The fourth-order valence-corrected chi connectivity index (χ4v) is 3.38. The first kappa shape index (κ1) is 18.7. The molecule has 0 unspecified atom stereocenters. The second-order valence-electron chi connectivity index (χ2n) is 7.19. The molecule has 3 rings (SSSR count). The van der Waals surface area contributed by atoms with Gasteiger partial charge in [0.25, 0.3) is 11.8 Å². The van der Waals surface area contributed by atoms with Crippen LogP contribution in [-0.2, 0) is 9.53 Å². The Morgan fingerprint density at radius 1 is 1.31 bits per heavy atom. The van der Waals surface area contributed by atoms with Gasteiger partial charge in [-0.15, -0.1) is 0 Å². The van der Waals surface area contributed by atoms with Crippen LogP contribution in [0.4, 0.5) is 5.69 Å². The molecule has 0 bridgehead atoms. The number of carbonyl (C=O) groups excluding carboxylic acids is 2. The summed E-state index contributed by atoms with van der Waals surface area (Å²) < 4.78 is 10.8. The first-order valence-corrected chi connectivity index (χ1v) is 9.19. The van der Waals surface area contributed by atoms with E-state index in [9.17, 15) is 9.59 Å². The molecule has 7 heteroatoms. The molecule has 0 saturated carbocycles. The molecule has 2 N–H and O–H groups in total. The number of hydrogen-bond acceptors (Lipinski definition) is 5. The number of fused-ring (bicyclic) bond motifs is 1. The highest BCUT2D eigenvalue weighted by Crippen LogP contribution is 2.28. The normalized spacial score (nSPS) is 18.7. The van der Waals surface area contributed by atoms with Crippen LogP contribution in [0.2, 0.25) is 0 Å². The van der Waals surface area contributed by atoms with Crippen LogP contribution in [0, 0.1) is 5.92 Å². The number of ether oxygens (including phenoxy) is 2. The summed E-state index contributed by atoms with van der Waals surface area (Å²) in [7, 11) is 0. The molecule has 0 aromatic heterocycles. The van der Waals surface area contributed by atoms with Gasteiger partial charge in [-0.1, -0.05) is 13.8 Å². The van der Waals surface area contributed by atoms with Gasteiger partial charge >= 0.3 is 0 Å². The number of morpholine rings is 1. The van der Waals surface area contributed by atoms with Crippen molar-refractivity contribution in [2.45, 2.75) is 26.3 Å². The van der Waals surface area contributed by atoms with E-state index in [1.54, 1.807) is 18.2 Å². The predicted octanol–water partition coefficient (Wildman–Crippen LogP) is 1.49. The third-order valence-corrected chi connectivity index (χ3v) is 4.68. The molecule has 26 heavy (non-hydrogen) atoms. The third kappa shape index (κ3) is 4.74. The van der Waals surface area contributed by atoms with Crippen molar-refractivity contribution >= 4 is 17.5 Å². The average Bonchev–Trinajstić information content (AvgIpc) is 2.64. The van der Waals surface area contributed by atoms with E-state index in [1.165, 1.54) is 0 Å². The Balaban J connectivity index is 1.61. The van der Waals surface area contributed by atoms with Gasteiger partial charge < -0.3 is 20.1 Å². The van der Waals surface area contributed by atoms with Gasteiger partial charge in [0.15, 0.2) is 6.61 Å². The third-order valence-electron chi connectivity index (χ3n) is 4.68. The highest BCUT2D eigenvalue weighted by atomic mass is 16.5. The molecular formula is C19H27N3O4. The maximum atomic E-state index is 12.6. The topological polar surface area (TPSA) is 79.9 Å². The standard InChI is InChI=1S/C19H27N3O4/c1-13(2)9-15(22-5-7-25-8-6-22)11-20-19(24)14-3-4-16-17(10-14)26-12-18(23)21-16/h3-4,10,13,15H,5-9,11-12H2,1-2H3,(H,20,24)(H,21,23)/t15-/m0/s1. The van der Waals surface area contributed by atoms with Crippen molar-refractivity contribution in [2.24, 2.45) is 5.92 Å². The fraction of sp³-hybridized carbons (Fsp3) is 0.579. The lowest BCUT2D eigenvalue weighted by Gasteiger charge is -2.35. The Morgan fingerprint density at radius 3 is 2.81 bits per heavy atom. The van der Waals surface area contributed by atoms with Crippen LogP contribution >= 0.6 is 0 Å². The van der Waals surface area contributed by atoms with Crippen LogP contribution < -0.4 is 15.4 Å². The van der Waals surface area contributed by atoms with Crippen LogP contribution in [0.1, 0.15) is 30.6 Å². The summed E-state index contributed by atoms with van der Waals surface area (Å²) in [5, 5.41) is 5.78. The number of nitrogens with zero attached hydrogens (tertiary/aromatic N) is 1. The Labute approximate surface area is 154 Å². The van der Waals surface area contributed by atoms with Gasteiger partial charge in [-0.05, 0) is 30.5 Å². The number of anilines is 1. The molecule has 0 spiro atoms. The number of amides is 2. The lowest BCUT2D eigenvalue weighted by atomic mass is 10.0. The number of benzene rings is 1. The molecule has 142 valence electrons. The minimum Gasteiger partial charge on any atom is -0.482 e. The molecule has 0 aliphatic carbocycles. The van der Waals surface area contributed by atoms with E-state index in [0.717, 1.165) is 32.7 Å². The highest BCUT2D eigenvalue weighted by molar-refractivity contribution is 5.98. The summed E-state index contributed by atoms with van der Waals surface area (Å²) in [6, 6.07) is 5.39. The molecule has 7 nitrogen and oxygen atoms in total. The minimum atomic E-state index is -0.184. The molecule has 0 radical (unpaired) electrons. The molecule has 2 aliphatic rings. The van der Waals surface area contributed by atoms with E-state index in [0.29, 0.717) is 35.5 Å². The number of rotatable bonds is 6. The molecule has 1 fully saturated rings. The SMILES string of the molecule is CC(C)C[C@@H](CNC(=O)c1ccc2c(c1)OCC(=O)N2)N1CCOCC1. The van der Waals surface area contributed by atoms with E-state index in [-0.39, 0.29) is 18.4 Å². The fourth-order valence-electron chi connectivity index (χ4n) is 3.38. The van der Waals surface area contributed by atoms with Crippen LogP contribution in [0.5, 0.6) is 5.75 Å². The zero-order chi connectivity index (χ0) is 18.5. The van der Waals surface area contributed by atoms with E-state index >= 15 is 0 Å². The van der Waals surface area contributed by atoms with E-state index in [2.05, 4.69) is 29.4 Å². The number of hydrogen-bond donors (Lipinski definition) is 2. The number of carbonyl (C=O) groups is 2. The summed E-state index contributed by atoms with van der Waals surface area (Å²) in [5.74, 6) is 0.775. The molecule has 2 heterocycles. The predicted molar refractivity (Wildman–Crippen MR) is 98.5 cm³/mol. The zero-order valence-corrected chi connectivity index (χ0v) is 15.4. The highest BCUT2D eigenvalue weighted by Gasteiger charge is 2.23. The summed E-state index contributed by atoms with van der Waals surface area (Å²) in [4.78, 5) is 26.3. The molecule has 2 aliphatic heterocycles. The van der Waals surface area contributed by atoms with Crippen molar-refractivity contribution in [1.82, 2.24) is 10.2 Å². The van der Waals surface area contributed by atoms with Gasteiger partial charge in [-0.25, -0.2) is 0 Å².